The van der Waals surface area contributed by atoms with Crippen LogP contribution in [0.3, 0.4) is 0 Å². The van der Waals surface area contributed by atoms with Crippen molar-refractivity contribution in [3.05, 3.63) is 34.6 Å². The Balaban J connectivity index is 2.45. The fourth-order valence-corrected chi connectivity index (χ4v) is 2.29. The van der Waals surface area contributed by atoms with Gasteiger partial charge in [0.25, 0.3) is 0 Å². The third-order valence-electron chi connectivity index (χ3n) is 3.48. The molecule has 0 N–H and O–H groups in total. The number of benzene rings is 1. The van der Waals surface area contributed by atoms with Crippen LogP contribution in [0.4, 0.5) is 0 Å². The van der Waals surface area contributed by atoms with Gasteiger partial charge in [0.15, 0.2) is 5.76 Å². The number of allylic oxidation sites excluding steroid dienone is 2. The van der Waals surface area contributed by atoms with E-state index in [0.717, 1.165) is 5.57 Å². The maximum absolute atomic E-state index is 12.4. The summed E-state index contributed by atoms with van der Waals surface area (Å²) in [6.45, 7) is 7.12. The van der Waals surface area contributed by atoms with Gasteiger partial charge in [-0.2, -0.15) is 0 Å². The minimum atomic E-state index is -0.503. The Morgan fingerprint density at radius 1 is 1.32 bits per heavy atom. The van der Waals surface area contributed by atoms with Crippen LogP contribution >= 0.6 is 0 Å². The van der Waals surface area contributed by atoms with E-state index in [1.165, 1.54) is 7.11 Å². The van der Waals surface area contributed by atoms with Gasteiger partial charge >= 0.3 is 5.97 Å². The SMILES string of the molecule is CCC(=O)O[C@H](C)c1cc2c(cc1OC)OC(=C(C)C)C2=O. The molecule has 0 bridgehead atoms. The molecule has 2 rings (SSSR count). The highest BCUT2D eigenvalue weighted by Gasteiger charge is 2.31. The molecule has 0 unspecified atom stereocenters. The molecule has 0 amide bonds. The Morgan fingerprint density at radius 2 is 2.00 bits per heavy atom. The van der Waals surface area contributed by atoms with Crippen molar-refractivity contribution < 1.29 is 23.8 Å². The predicted molar refractivity (Wildman–Crippen MR) is 81.1 cm³/mol. The molecule has 0 radical (unpaired) electrons. The van der Waals surface area contributed by atoms with E-state index in [4.69, 9.17) is 14.2 Å². The van der Waals surface area contributed by atoms with Crippen molar-refractivity contribution in [3.8, 4) is 11.5 Å². The third-order valence-corrected chi connectivity index (χ3v) is 3.48. The van der Waals surface area contributed by atoms with Gasteiger partial charge in [-0.3, -0.25) is 9.59 Å². The number of fused-ring (bicyclic) bond motifs is 1. The van der Waals surface area contributed by atoms with Crippen LogP contribution in [-0.4, -0.2) is 18.9 Å². The van der Waals surface area contributed by atoms with Gasteiger partial charge in [-0.05, 0) is 32.4 Å². The summed E-state index contributed by atoms with van der Waals surface area (Å²) in [7, 11) is 1.53. The highest BCUT2D eigenvalue weighted by molar-refractivity contribution is 6.12. The van der Waals surface area contributed by atoms with Gasteiger partial charge in [0.2, 0.25) is 5.78 Å². The number of hydrogen-bond acceptors (Lipinski definition) is 5. The van der Waals surface area contributed by atoms with Crippen molar-refractivity contribution in [3.63, 3.8) is 0 Å². The standard InChI is InChI=1S/C17H20O5/c1-6-15(18)21-10(4)11-7-12-14(8-13(11)20-5)22-17(9(2)3)16(12)19/h7-8,10H,6H2,1-5H3/t10-/m1/s1. The van der Waals surface area contributed by atoms with Crippen molar-refractivity contribution in [2.45, 2.75) is 40.2 Å². The summed E-state index contributed by atoms with van der Waals surface area (Å²) in [5, 5.41) is 0. The Labute approximate surface area is 129 Å². The lowest BCUT2D eigenvalue weighted by atomic mass is 10.0. The van der Waals surface area contributed by atoms with E-state index in [1.807, 2.05) is 13.8 Å². The van der Waals surface area contributed by atoms with Crippen molar-refractivity contribution in [2.75, 3.05) is 7.11 Å². The molecule has 1 heterocycles. The zero-order valence-electron chi connectivity index (χ0n) is 13.5. The van der Waals surface area contributed by atoms with Crippen molar-refractivity contribution in [2.24, 2.45) is 0 Å². The summed E-state index contributed by atoms with van der Waals surface area (Å²) in [5.41, 5.74) is 1.92. The summed E-state index contributed by atoms with van der Waals surface area (Å²) in [6, 6.07) is 3.34. The second kappa shape index (κ2) is 6.22. The van der Waals surface area contributed by atoms with Gasteiger partial charge < -0.3 is 14.2 Å². The molecule has 1 atom stereocenters. The highest BCUT2D eigenvalue weighted by Crippen LogP contribution is 2.40. The van der Waals surface area contributed by atoms with Crippen LogP contribution in [0.15, 0.2) is 23.5 Å². The molecule has 1 aromatic rings. The summed E-state index contributed by atoms with van der Waals surface area (Å²) >= 11 is 0. The first-order valence-electron chi connectivity index (χ1n) is 7.20. The molecule has 0 fully saturated rings. The maximum Gasteiger partial charge on any atom is 0.306 e. The molecule has 118 valence electrons. The van der Waals surface area contributed by atoms with Crippen LogP contribution < -0.4 is 9.47 Å². The quantitative estimate of drug-likeness (QED) is 0.628. The Hall–Kier alpha value is -2.30. The lowest BCUT2D eigenvalue weighted by molar-refractivity contribution is -0.148. The number of methoxy groups -OCH3 is 1. The van der Waals surface area contributed by atoms with E-state index in [-0.39, 0.29) is 11.8 Å². The summed E-state index contributed by atoms with van der Waals surface area (Å²) in [4.78, 5) is 23.8. The molecule has 22 heavy (non-hydrogen) atoms. The molecule has 0 saturated carbocycles. The molecule has 0 saturated heterocycles. The smallest absolute Gasteiger partial charge is 0.306 e. The zero-order valence-corrected chi connectivity index (χ0v) is 13.5. The molecule has 1 aromatic carbocycles. The van der Waals surface area contributed by atoms with E-state index in [2.05, 4.69) is 0 Å². The van der Waals surface area contributed by atoms with E-state index in [1.54, 1.807) is 26.0 Å². The third kappa shape index (κ3) is 2.84. The Bertz CT molecular complexity index is 653. The number of carbonyl (C=O) groups is 2. The largest absolute Gasteiger partial charge is 0.496 e. The van der Waals surface area contributed by atoms with Crippen LogP contribution in [-0.2, 0) is 9.53 Å². The molecule has 0 spiro atoms. The number of carbonyl (C=O) groups excluding carboxylic acids is 2. The first kappa shape index (κ1) is 16.1. The van der Waals surface area contributed by atoms with E-state index >= 15 is 0 Å². The van der Waals surface area contributed by atoms with Gasteiger partial charge in [0.1, 0.15) is 17.6 Å². The number of hydrogen-bond donors (Lipinski definition) is 0. The van der Waals surface area contributed by atoms with Gasteiger partial charge in [0.05, 0.1) is 12.7 Å². The molecule has 5 heteroatoms. The topological polar surface area (TPSA) is 61.8 Å². The Kier molecular flexibility index (Phi) is 4.54. The average molecular weight is 304 g/mol. The van der Waals surface area contributed by atoms with Gasteiger partial charge in [-0.15, -0.1) is 0 Å². The van der Waals surface area contributed by atoms with Gasteiger partial charge in [0, 0.05) is 18.1 Å². The molecular weight excluding hydrogens is 284 g/mol. The molecule has 1 aliphatic heterocycles. The average Bonchev–Trinajstić information content (AvgIpc) is 2.82. The molecule has 1 aliphatic rings. The zero-order chi connectivity index (χ0) is 16.4. The first-order valence-corrected chi connectivity index (χ1v) is 7.20. The summed E-state index contributed by atoms with van der Waals surface area (Å²) in [5.74, 6) is 0.872. The van der Waals surface area contributed by atoms with Crippen molar-refractivity contribution in [1.29, 1.82) is 0 Å². The number of ketones is 1. The molecule has 5 nitrogen and oxygen atoms in total. The lowest BCUT2D eigenvalue weighted by Crippen LogP contribution is -2.09. The molecule has 0 aromatic heterocycles. The van der Waals surface area contributed by atoms with Gasteiger partial charge in [-0.1, -0.05) is 6.92 Å². The molecule has 0 aliphatic carbocycles. The van der Waals surface area contributed by atoms with Crippen molar-refractivity contribution in [1.82, 2.24) is 0 Å². The lowest BCUT2D eigenvalue weighted by Gasteiger charge is -2.17. The van der Waals surface area contributed by atoms with E-state index in [9.17, 15) is 9.59 Å². The second-order valence-corrected chi connectivity index (χ2v) is 5.34. The predicted octanol–water partition coefficient (Wildman–Crippen LogP) is 3.58. The number of rotatable bonds is 4. The van der Waals surface area contributed by atoms with Crippen LogP contribution in [0, 0.1) is 0 Å². The second-order valence-electron chi connectivity index (χ2n) is 5.34. The van der Waals surface area contributed by atoms with Crippen LogP contribution in [0.1, 0.15) is 56.1 Å². The van der Waals surface area contributed by atoms with E-state index < -0.39 is 6.10 Å². The maximum atomic E-state index is 12.4. The monoisotopic (exact) mass is 304 g/mol. The highest BCUT2D eigenvalue weighted by atomic mass is 16.5. The van der Waals surface area contributed by atoms with Crippen LogP contribution in [0.25, 0.3) is 0 Å². The van der Waals surface area contributed by atoms with Crippen LogP contribution in [0.2, 0.25) is 0 Å². The number of Topliss-reactive ketones (excluding diaryl/α,β-unsaturated/α-hetero) is 1. The minimum Gasteiger partial charge on any atom is -0.496 e. The normalized spacial score (nSPS) is 14.2. The summed E-state index contributed by atoms with van der Waals surface area (Å²) in [6.07, 6.45) is -0.210. The van der Waals surface area contributed by atoms with Gasteiger partial charge in [-0.25, -0.2) is 0 Å². The fourth-order valence-electron chi connectivity index (χ4n) is 2.29. The summed E-state index contributed by atoms with van der Waals surface area (Å²) < 4.78 is 16.3. The Morgan fingerprint density at radius 3 is 2.55 bits per heavy atom. The van der Waals surface area contributed by atoms with Crippen molar-refractivity contribution >= 4 is 11.8 Å². The minimum absolute atomic E-state index is 0.159. The number of ether oxygens (including phenoxy) is 3. The van der Waals surface area contributed by atoms with E-state index in [0.29, 0.717) is 34.8 Å². The van der Waals surface area contributed by atoms with Crippen LogP contribution in [0.5, 0.6) is 11.5 Å². The molecular formula is C17H20O5. The number of esters is 1. The fraction of sp³-hybridized carbons (Fsp3) is 0.412. The first-order chi connectivity index (χ1) is 10.4.